The molecule has 13 aromatic carbocycles. The van der Waals surface area contributed by atoms with E-state index in [0.717, 1.165) is 28.3 Å². The normalized spacial score (nSPS) is 14.5. The summed E-state index contributed by atoms with van der Waals surface area (Å²) in [6, 6.07) is 115. The van der Waals surface area contributed by atoms with Gasteiger partial charge in [-0.3, -0.25) is 0 Å². The van der Waals surface area contributed by atoms with Crippen molar-refractivity contribution in [2.45, 2.75) is 30.1 Å². The van der Waals surface area contributed by atoms with Crippen LogP contribution in [0.5, 0.6) is 0 Å². The Hall–Kier alpha value is -10.5. The van der Waals surface area contributed by atoms with Crippen molar-refractivity contribution in [2.75, 3.05) is 4.90 Å². The van der Waals surface area contributed by atoms with Gasteiger partial charge in [0.2, 0.25) is 0 Å². The zero-order chi connectivity index (χ0) is 56.2. The summed E-state index contributed by atoms with van der Waals surface area (Å²) in [5.74, 6) is 0. The molecule has 1 aromatic heterocycles. The standard InChI is InChI=1S/C83H56N2/c1-81(2)71-31-15-9-30-66(71)68-51-59(44-46-72(68)81)84(60-43-45-67-65-29-14-20-36-77(65)83(78(67)52-60)75-34-18-12-27-63(75)64-28-13-19-35-76(64)83)58-41-37-53(38-42-58)54-39-47-79-69(49-54)70-50-56(40-48-80(70)85(79)57-23-7-4-8-24-57)82(55-21-5-3-6-22-55)73-32-16-10-25-61(73)62-26-11-17-33-74(62)82/h3-52H,1-2H3. The SMILES string of the molecule is CC1(C)c2ccccc2-c2cc(N(c3ccc(-c4ccc5c(c4)c4cc(C6(c7ccccc7)c7ccccc7-c7ccccc76)ccc4n5-c4ccccc4)cc3)c3ccc4c(c3)C3(c5ccccc5-c5ccccc53)c3ccccc3-4)ccc21. The van der Waals surface area contributed by atoms with Crippen molar-refractivity contribution < 1.29 is 0 Å². The summed E-state index contributed by atoms with van der Waals surface area (Å²) >= 11 is 0. The summed E-state index contributed by atoms with van der Waals surface area (Å²) in [6.07, 6.45) is 0. The molecule has 0 radical (unpaired) electrons. The minimum Gasteiger partial charge on any atom is -0.310 e. The third-order valence-corrected chi connectivity index (χ3v) is 19.9. The lowest BCUT2D eigenvalue weighted by molar-refractivity contribution is 0.660. The smallest absolute Gasteiger partial charge is 0.0726 e. The number of rotatable bonds is 7. The van der Waals surface area contributed by atoms with Gasteiger partial charge in [-0.05, 0) is 184 Å². The third kappa shape index (κ3) is 6.43. The number of anilines is 3. The molecule has 0 amide bonds. The maximum atomic E-state index is 2.52. The van der Waals surface area contributed by atoms with Gasteiger partial charge in [0.1, 0.15) is 0 Å². The molecule has 4 aliphatic carbocycles. The Morgan fingerprint density at radius 3 is 1.25 bits per heavy atom. The van der Waals surface area contributed by atoms with E-state index in [1.165, 1.54) is 128 Å². The minimum atomic E-state index is -0.517. The molecular weight excluding hydrogens is 1020 g/mol. The molecule has 18 rings (SSSR count). The van der Waals surface area contributed by atoms with E-state index in [2.05, 4.69) is 327 Å². The molecule has 0 fully saturated rings. The van der Waals surface area contributed by atoms with Crippen molar-refractivity contribution in [1.29, 1.82) is 0 Å². The van der Waals surface area contributed by atoms with Crippen molar-refractivity contribution >= 4 is 38.9 Å². The molecule has 0 saturated heterocycles. The van der Waals surface area contributed by atoms with Crippen LogP contribution in [0.15, 0.2) is 303 Å². The van der Waals surface area contributed by atoms with Crippen LogP contribution in [-0.2, 0) is 16.2 Å². The minimum absolute atomic E-state index is 0.112. The second-order valence-corrected chi connectivity index (χ2v) is 24.2. The Labute approximate surface area is 495 Å². The molecule has 2 nitrogen and oxygen atoms in total. The van der Waals surface area contributed by atoms with Gasteiger partial charge in [-0.2, -0.15) is 0 Å². The summed E-state index contributed by atoms with van der Waals surface area (Å²) < 4.78 is 2.45. The van der Waals surface area contributed by atoms with Crippen LogP contribution in [0.1, 0.15) is 69.5 Å². The molecule has 4 aliphatic rings. The number of para-hydroxylation sites is 1. The third-order valence-electron chi connectivity index (χ3n) is 19.9. The number of hydrogen-bond acceptors (Lipinski definition) is 1. The fourth-order valence-corrected chi connectivity index (χ4v) is 16.3. The largest absolute Gasteiger partial charge is 0.310 e. The Morgan fingerprint density at radius 1 is 0.259 bits per heavy atom. The van der Waals surface area contributed by atoms with Gasteiger partial charge in [0.05, 0.1) is 21.9 Å². The first kappa shape index (κ1) is 48.0. The molecule has 398 valence electrons. The van der Waals surface area contributed by atoms with Crippen molar-refractivity contribution in [3.05, 3.63) is 359 Å². The van der Waals surface area contributed by atoms with Crippen LogP contribution in [-0.4, -0.2) is 4.57 Å². The summed E-state index contributed by atoms with van der Waals surface area (Å²) in [4.78, 5) is 2.50. The van der Waals surface area contributed by atoms with E-state index in [-0.39, 0.29) is 5.41 Å². The number of hydrogen-bond donors (Lipinski definition) is 0. The maximum Gasteiger partial charge on any atom is 0.0726 e. The van der Waals surface area contributed by atoms with Gasteiger partial charge < -0.3 is 9.47 Å². The second kappa shape index (κ2) is 17.7. The fraction of sp³-hybridized carbons (Fsp3) is 0.0602. The van der Waals surface area contributed by atoms with Crippen LogP contribution in [0.25, 0.3) is 83.1 Å². The molecule has 0 saturated carbocycles. The van der Waals surface area contributed by atoms with Crippen molar-refractivity contribution in [2.24, 2.45) is 0 Å². The molecule has 14 aromatic rings. The molecule has 85 heavy (non-hydrogen) atoms. The first-order valence-electron chi connectivity index (χ1n) is 29.9. The molecule has 1 heterocycles. The van der Waals surface area contributed by atoms with Crippen LogP contribution >= 0.6 is 0 Å². The quantitative estimate of drug-likeness (QED) is 0.154. The predicted octanol–water partition coefficient (Wildman–Crippen LogP) is 20.9. The van der Waals surface area contributed by atoms with E-state index >= 15 is 0 Å². The number of nitrogens with zero attached hydrogens (tertiary/aromatic N) is 2. The monoisotopic (exact) mass is 1080 g/mol. The van der Waals surface area contributed by atoms with Crippen LogP contribution in [0.2, 0.25) is 0 Å². The Morgan fingerprint density at radius 2 is 0.671 bits per heavy atom. The van der Waals surface area contributed by atoms with Crippen molar-refractivity contribution in [1.82, 2.24) is 4.57 Å². The zero-order valence-corrected chi connectivity index (χ0v) is 47.3. The summed E-state index contributed by atoms with van der Waals surface area (Å²) in [7, 11) is 0. The van der Waals surface area contributed by atoms with Gasteiger partial charge >= 0.3 is 0 Å². The highest BCUT2D eigenvalue weighted by Crippen LogP contribution is 2.64. The van der Waals surface area contributed by atoms with E-state index in [9.17, 15) is 0 Å². The molecular formula is C83H56N2. The Kier molecular flexibility index (Phi) is 10.0. The van der Waals surface area contributed by atoms with E-state index in [4.69, 9.17) is 0 Å². The van der Waals surface area contributed by atoms with Crippen molar-refractivity contribution in [3.63, 3.8) is 0 Å². The van der Waals surface area contributed by atoms with Gasteiger partial charge in [0, 0.05) is 38.9 Å². The van der Waals surface area contributed by atoms with Gasteiger partial charge in [-0.1, -0.05) is 244 Å². The number of benzene rings is 13. The fourth-order valence-electron chi connectivity index (χ4n) is 16.3. The summed E-state index contributed by atoms with van der Waals surface area (Å²) in [6.45, 7) is 4.74. The first-order valence-corrected chi connectivity index (χ1v) is 29.9. The van der Waals surface area contributed by atoms with E-state index in [1.807, 2.05) is 0 Å². The summed E-state index contributed by atoms with van der Waals surface area (Å²) in [5, 5.41) is 2.44. The molecule has 0 atom stereocenters. The van der Waals surface area contributed by atoms with Gasteiger partial charge in [-0.25, -0.2) is 0 Å². The van der Waals surface area contributed by atoms with E-state index < -0.39 is 10.8 Å². The molecule has 0 N–H and O–H groups in total. The lowest BCUT2D eigenvalue weighted by atomic mass is 9.67. The highest BCUT2D eigenvalue weighted by atomic mass is 15.1. The first-order chi connectivity index (χ1) is 41.9. The lowest BCUT2D eigenvalue weighted by Gasteiger charge is -2.34. The molecule has 1 spiro atoms. The second-order valence-electron chi connectivity index (χ2n) is 24.2. The number of fused-ring (bicyclic) bond motifs is 19. The number of aromatic nitrogens is 1. The van der Waals surface area contributed by atoms with Gasteiger partial charge in [0.25, 0.3) is 0 Å². The average molecular weight is 1080 g/mol. The van der Waals surface area contributed by atoms with Crippen LogP contribution in [0, 0.1) is 0 Å². The summed E-state index contributed by atoms with van der Waals surface area (Å²) in [5.41, 5.74) is 31.7. The Bertz CT molecular complexity index is 4990. The van der Waals surface area contributed by atoms with Crippen LogP contribution in [0.4, 0.5) is 17.1 Å². The van der Waals surface area contributed by atoms with Gasteiger partial charge in [0.15, 0.2) is 0 Å². The Balaban J connectivity index is 0.820. The average Bonchev–Trinajstić information content (AvgIpc) is 1.59. The highest BCUT2D eigenvalue weighted by Gasteiger charge is 2.52. The highest BCUT2D eigenvalue weighted by molar-refractivity contribution is 6.11. The van der Waals surface area contributed by atoms with Crippen molar-refractivity contribution in [3.8, 4) is 61.3 Å². The topological polar surface area (TPSA) is 8.17 Å². The zero-order valence-electron chi connectivity index (χ0n) is 47.3. The molecule has 0 aliphatic heterocycles. The lowest BCUT2D eigenvalue weighted by Crippen LogP contribution is -2.28. The van der Waals surface area contributed by atoms with Gasteiger partial charge in [-0.15, -0.1) is 0 Å². The maximum absolute atomic E-state index is 2.52. The predicted molar refractivity (Wildman–Crippen MR) is 352 cm³/mol. The molecule has 0 bridgehead atoms. The van der Waals surface area contributed by atoms with E-state index in [0.29, 0.717) is 0 Å². The molecule has 2 heteroatoms. The molecule has 0 unspecified atom stereocenters. The van der Waals surface area contributed by atoms with Crippen LogP contribution in [0.3, 0.4) is 0 Å². The van der Waals surface area contributed by atoms with E-state index in [1.54, 1.807) is 0 Å². The van der Waals surface area contributed by atoms with Crippen LogP contribution < -0.4 is 4.90 Å².